The third-order valence-electron chi connectivity index (χ3n) is 6.66. The molecule has 1 aromatic heterocycles. The minimum Gasteiger partial charge on any atom is -0.338 e. The van der Waals surface area contributed by atoms with Gasteiger partial charge >= 0.3 is 5.51 Å². The van der Waals surface area contributed by atoms with Crippen LogP contribution in [-0.2, 0) is 29.6 Å². The largest absolute Gasteiger partial charge is 0.446 e. The topological polar surface area (TPSA) is 66.1 Å². The minimum absolute atomic E-state index is 0.0257. The zero-order valence-corrected chi connectivity index (χ0v) is 19.7. The molecule has 0 bridgehead atoms. The molecular formula is C26H24F3N3O2S. The molecule has 1 saturated carbocycles. The number of aryl methyl sites for hydroxylation is 1. The van der Waals surface area contributed by atoms with Crippen molar-refractivity contribution in [2.45, 2.75) is 54.5 Å². The van der Waals surface area contributed by atoms with E-state index in [1.54, 1.807) is 11.0 Å². The maximum Gasteiger partial charge on any atom is 0.446 e. The van der Waals surface area contributed by atoms with Crippen LogP contribution in [0.15, 0.2) is 64.3 Å². The highest BCUT2D eigenvalue weighted by Gasteiger charge is 2.48. The summed E-state index contributed by atoms with van der Waals surface area (Å²) in [5.41, 5.74) is -2.00. The van der Waals surface area contributed by atoms with Crippen LogP contribution in [-0.4, -0.2) is 32.8 Å². The number of benzene rings is 2. The predicted octanol–water partition coefficient (Wildman–Crippen LogP) is 4.98. The average Bonchev–Trinajstić information content (AvgIpc) is 3.63. The third-order valence-corrected chi connectivity index (χ3v) is 7.38. The van der Waals surface area contributed by atoms with E-state index in [4.69, 9.17) is 4.98 Å². The first-order valence-corrected chi connectivity index (χ1v) is 12.4. The third kappa shape index (κ3) is 5.15. The smallest absolute Gasteiger partial charge is 0.338 e. The van der Waals surface area contributed by atoms with E-state index < -0.39 is 5.51 Å². The van der Waals surface area contributed by atoms with Gasteiger partial charge in [-0.2, -0.15) is 13.2 Å². The molecule has 5 rings (SSSR count). The Kier molecular flexibility index (Phi) is 6.21. The van der Waals surface area contributed by atoms with Crippen LogP contribution in [0.4, 0.5) is 13.2 Å². The van der Waals surface area contributed by atoms with Crippen LogP contribution < -0.4 is 5.56 Å². The Morgan fingerprint density at radius 2 is 1.89 bits per heavy atom. The monoisotopic (exact) mass is 499 g/mol. The van der Waals surface area contributed by atoms with Gasteiger partial charge in [0.05, 0.1) is 29.6 Å². The van der Waals surface area contributed by atoms with E-state index in [0.29, 0.717) is 36.3 Å². The van der Waals surface area contributed by atoms with Gasteiger partial charge < -0.3 is 9.88 Å². The van der Waals surface area contributed by atoms with Gasteiger partial charge in [-0.3, -0.25) is 9.59 Å². The van der Waals surface area contributed by atoms with Crippen molar-refractivity contribution in [2.75, 3.05) is 6.54 Å². The van der Waals surface area contributed by atoms with Gasteiger partial charge in [0.2, 0.25) is 5.91 Å². The summed E-state index contributed by atoms with van der Waals surface area (Å²) in [6.45, 7) is 0.608. The maximum atomic E-state index is 13.1. The molecule has 0 spiro atoms. The summed E-state index contributed by atoms with van der Waals surface area (Å²) in [6.07, 6.45) is 3.09. The number of fused-ring (bicyclic) bond motifs is 1. The molecule has 0 atom stereocenters. The van der Waals surface area contributed by atoms with Crippen LogP contribution >= 0.6 is 11.8 Å². The summed E-state index contributed by atoms with van der Waals surface area (Å²) in [6, 6.07) is 16.0. The maximum absolute atomic E-state index is 13.1. The number of nitrogens with one attached hydrogen (secondary N) is 1. The molecule has 1 fully saturated rings. The molecule has 3 aromatic rings. The molecule has 1 amide bonds. The molecule has 1 aliphatic carbocycles. The molecule has 0 radical (unpaired) electrons. The first-order chi connectivity index (χ1) is 16.7. The van der Waals surface area contributed by atoms with Gasteiger partial charge in [-0.05, 0) is 60.7 Å². The lowest BCUT2D eigenvalue weighted by atomic mass is 9.94. The van der Waals surface area contributed by atoms with Gasteiger partial charge in [0, 0.05) is 11.4 Å². The van der Waals surface area contributed by atoms with E-state index >= 15 is 0 Å². The van der Waals surface area contributed by atoms with Gasteiger partial charge in [-0.25, -0.2) is 4.98 Å². The van der Waals surface area contributed by atoms with Gasteiger partial charge in [0.15, 0.2) is 0 Å². The van der Waals surface area contributed by atoms with Crippen molar-refractivity contribution < 1.29 is 18.0 Å². The zero-order chi connectivity index (χ0) is 24.6. The molecule has 0 unspecified atom stereocenters. The summed E-state index contributed by atoms with van der Waals surface area (Å²) >= 11 is -0.198. The number of aromatic nitrogens is 2. The summed E-state index contributed by atoms with van der Waals surface area (Å²) in [7, 11) is 0. The normalized spacial score (nSPS) is 16.9. The second-order valence-corrected chi connectivity index (χ2v) is 10.2. The number of thioether (sulfide) groups is 1. The number of rotatable bonds is 5. The number of H-pyrrole nitrogens is 1. The Hall–Kier alpha value is -3.07. The van der Waals surface area contributed by atoms with Crippen LogP contribution in [0.25, 0.3) is 0 Å². The van der Waals surface area contributed by atoms with Gasteiger partial charge in [0.25, 0.3) is 5.56 Å². The number of hydrogen-bond acceptors (Lipinski definition) is 4. The Bertz CT molecular complexity index is 1300. The minimum atomic E-state index is -4.39. The fourth-order valence-corrected chi connectivity index (χ4v) is 5.37. The highest BCUT2D eigenvalue weighted by molar-refractivity contribution is 8.00. The van der Waals surface area contributed by atoms with E-state index in [-0.39, 0.29) is 46.5 Å². The first-order valence-electron chi connectivity index (χ1n) is 11.5. The second kappa shape index (κ2) is 9.18. The number of aromatic amines is 1. The van der Waals surface area contributed by atoms with Crippen molar-refractivity contribution >= 4 is 17.7 Å². The van der Waals surface area contributed by atoms with Crippen molar-refractivity contribution in [3.05, 3.63) is 93.2 Å². The molecule has 35 heavy (non-hydrogen) atoms. The zero-order valence-electron chi connectivity index (χ0n) is 18.9. The second-order valence-electron chi connectivity index (χ2n) is 9.08. The van der Waals surface area contributed by atoms with E-state index in [9.17, 15) is 22.8 Å². The van der Waals surface area contributed by atoms with Crippen LogP contribution in [0.2, 0.25) is 0 Å². The Morgan fingerprint density at radius 3 is 2.60 bits per heavy atom. The van der Waals surface area contributed by atoms with Crippen LogP contribution in [0.1, 0.15) is 47.5 Å². The Balaban J connectivity index is 1.35. The number of nitrogens with zero attached hydrogens (tertiary/aromatic N) is 2. The first kappa shape index (κ1) is 23.7. The SMILES string of the molecule is O=C(Cc1cccc(SC(F)(F)F)c1)N1CCCc2nc(C3(c4ccccc4)CC3)[nH]c(=O)c2C1. The summed E-state index contributed by atoms with van der Waals surface area (Å²) in [4.78, 5) is 35.6. The number of halogens is 3. The predicted molar refractivity (Wildman–Crippen MR) is 127 cm³/mol. The molecule has 182 valence electrons. The summed E-state index contributed by atoms with van der Waals surface area (Å²) < 4.78 is 38.1. The fraction of sp³-hybridized carbons (Fsp3) is 0.346. The lowest BCUT2D eigenvalue weighted by molar-refractivity contribution is -0.131. The average molecular weight is 500 g/mol. The molecule has 2 aromatic carbocycles. The van der Waals surface area contributed by atoms with Gasteiger partial charge in [-0.1, -0.05) is 42.5 Å². The summed E-state index contributed by atoms with van der Waals surface area (Å²) in [5.74, 6) is 0.463. The summed E-state index contributed by atoms with van der Waals surface area (Å²) in [5, 5.41) is 0. The van der Waals surface area contributed by atoms with Crippen molar-refractivity contribution in [3.8, 4) is 0 Å². The standard InChI is InChI=1S/C26H24F3N3O2S/c27-26(28,29)35-19-9-4-6-17(14-19)15-22(33)32-13-5-10-21-20(16-32)23(34)31-24(30-21)25(11-12-25)18-7-2-1-3-8-18/h1-4,6-9,14H,5,10-13,15-16H2,(H,30,31,34). The molecule has 2 aliphatic rings. The van der Waals surface area contributed by atoms with Crippen molar-refractivity contribution in [3.63, 3.8) is 0 Å². The molecule has 1 aliphatic heterocycles. The molecule has 0 saturated heterocycles. The lowest BCUT2D eigenvalue weighted by Crippen LogP contribution is -2.34. The molecule has 5 nitrogen and oxygen atoms in total. The molecule has 9 heteroatoms. The number of carbonyl (C=O) groups is 1. The van der Waals surface area contributed by atoms with Crippen molar-refractivity contribution in [1.82, 2.24) is 14.9 Å². The van der Waals surface area contributed by atoms with Crippen molar-refractivity contribution in [2.24, 2.45) is 0 Å². The van der Waals surface area contributed by atoms with Crippen LogP contribution in [0.3, 0.4) is 0 Å². The highest BCUT2D eigenvalue weighted by Crippen LogP contribution is 2.51. The van der Waals surface area contributed by atoms with E-state index in [2.05, 4.69) is 17.1 Å². The number of alkyl halides is 3. The molecule has 2 heterocycles. The molecule has 1 N–H and O–H groups in total. The lowest BCUT2D eigenvalue weighted by Gasteiger charge is -2.21. The van der Waals surface area contributed by atoms with Crippen molar-refractivity contribution in [1.29, 1.82) is 0 Å². The van der Waals surface area contributed by atoms with Gasteiger partial charge in [-0.15, -0.1) is 0 Å². The fourth-order valence-electron chi connectivity index (χ4n) is 4.74. The number of carbonyl (C=O) groups excluding carboxylic acids is 1. The number of hydrogen-bond donors (Lipinski definition) is 1. The number of amides is 1. The van der Waals surface area contributed by atoms with Crippen LogP contribution in [0, 0.1) is 0 Å². The Labute approximate surface area is 204 Å². The van der Waals surface area contributed by atoms with E-state index in [1.807, 2.05) is 18.2 Å². The Morgan fingerprint density at radius 1 is 1.11 bits per heavy atom. The molecular weight excluding hydrogens is 475 g/mol. The quantitative estimate of drug-likeness (QED) is 0.503. The van der Waals surface area contributed by atoms with E-state index in [0.717, 1.165) is 24.1 Å². The van der Waals surface area contributed by atoms with Gasteiger partial charge in [0.1, 0.15) is 5.82 Å². The highest BCUT2D eigenvalue weighted by atomic mass is 32.2. The van der Waals surface area contributed by atoms with E-state index in [1.165, 1.54) is 18.2 Å². The van der Waals surface area contributed by atoms with Crippen LogP contribution in [0.5, 0.6) is 0 Å².